The molecular formula is C9H7ClN2O. The standard InChI is InChI=1S/C9H7ClN2O/c10-7-3-1-2-6(4-7)8-5-11-12-9(8)13/h1-5H,(H2,11,12,13). The van der Waals surface area contributed by atoms with Crippen LogP contribution in [-0.4, -0.2) is 10.2 Å². The normalized spacial score (nSPS) is 10.2. The second kappa shape index (κ2) is 3.11. The predicted molar refractivity (Wildman–Crippen MR) is 51.9 cm³/mol. The maximum atomic E-state index is 11.2. The monoisotopic (exact) mass is 194 g/mol. The predicted octanol–water partition coefficient (Wildman–Crippen LogP) is 2.02. The summed E-state index contributed by atoms with van der Waals surface area (Å²) < 4.78 is 0. The molecule has 0 bridgehead atoms. The Hall–Kier alpha value is -1.48. The van der Waals surface area contributed by atoms with Gasteiger partial charge in [0.05, 0.1) is 5.56 Å². The smallest absolute Gasteiger partial charge is 0.271 e. The van der Waals surface area contributed by atoms with E-state index in [4.69, 9.17) is 11.6 Å². The summed E-state index contributed by atoms with van der Waals surface area (Å²) in [6, 6.07) is 7.17. The molecule has 0 aliphatic rings. The van der Waals surface area contributed by atoms with Crippen molar-refractivity contribution in [3.05, 3.63) is 45.8 Å². The average Bonchev–Trinajstić information content (AvgIpc) is 2.51. The molecule has 2 rings (SSSR count). The molecule has 66 valence electrons. The number of aromatic amines is 2. The van der Waals surface area contributed by atoms with Crippen LogP contribution < -0.4 is 5.56 Å². The number of rotatable bonds is 1. The Balaban J connectivity index is 2.59. The van der Waals surface area contributed by atoms with Crippen LogP contribution in [0.4, 0.5) is 0 Å². The van der Waals surface area contributed by atoms with Gasteiger partial charge in [0.1, 0.15) is 0 Å². The lowest BCUT2D eigenvalue weighted by atomic mass is 10.1. The van der Waals surface area contributed by atoms with Crippen LogP contribution >= 0.6 is 11.6 Å². The van der Waals surface area contributed by atoms with Crippen molar-refractivity contribution >= 4 is 11.6 Å². The molecule has 0 atom stereocenters. The Labute approximate surface area is 79.4 Å². The Bertz CT molecular complexity index is 472. The van der Waals surface area contributed by atoms with Gasteiger partial charge in [-0.2, -0.15) is 0 Å². The van der Waals surface area contributed by atoms with E-state index in [1.807, 2.05) is 12.1 Å². The van der Waals surface area contributed by atoms with Crippen LogP contribution in [-0.2, 0) is 0 Å². The van der Waals surface area contributed by atoms with Gasteiger partial charge in [-0.1, -0.05) is 23.7 Å². The van der Waals surface area contributed by atoms with Gasteiger partial charge in [0.2, 0.25) is 0 Å². The zero-order valence-electron chi connectivity index (χ0n) is 6.67. The summed E-state index contributed by atoms with van der Waals surface area (Å²) >= 11 is 5.79. The number of benzene rings is 1. The van der Waals surface area contributed by atoms with Gasteiger partial charge in [0.25, 0.3) is 5.56 Å². The van der Waals surface area contributed by atoms with Crippen LogP contribution in [0, 0.1) is 0 Å². The number of hydrogen-bond donors (Lipinski definition) is 2. The van der Waals surface area contributed by atoms with Gasteiger partial charge in [0.15, 0.2) is 0 Å². The van der Waals surface area contributed by atoms with Gasteiger partial charge in [-0.25, -0.2) is 0 Å². The van der Waals surface area contributed by atoms with Gasteiger partial charge in [0, 0.05) is 11.2 Å². The molecular weight excluding hydrogens is 188 g/mol. The number of hydrogen-bond acceptors (Lipinski definition) is 1. The van der Waals surface area contributed by atoms with E-state index in [1.54, 1.807) is 18.3 Å². The third-order valence-corrected chi connectivity index (χ3v) is 2.02. The fourth-order valence-electron chi connectivity index (χ4n) is 1.18. The van der Waals surface area contributed by atoms with Gasteiger partial charge in [-0.05, 0) is 17.7 Å². The highest BCUT2D eigenvalue weighted by atomic mass is 35.5. The zero-order chi connectivity index (χ0) is 9.26. The lowest BCUT2D eigenvalue weighted by Crippen LogP contribution is -2.00. The molecule has 1 aromatic carbocycles. The Morgan fingerprint density at radius 2 is 2.15 bits per heavy atom. The molecule has 0 aliphatic heterocycles. The number of H-pyrrole nitrogens is 2. The summed E-state index contributed by atoms with van der Waals surface area (Å²) in [5.41, 5.74) is 1.28. The number of nitrogens with one attached hydrogen (secondary N) is 2. The SMILES string of the molecule is O=c1[nH][nH]cc1-c1cccc(Cl)c1. The first-order valence-electron chi connectivity index (χ1n) is 3.79. The van der Waals surface area contributed by atoms with E-state index >= 15 is 0 Å². The quantitative estimate of drug-likeness (QED) is 0.717. The van der Waals surface area contributed by atoms with E-state index in [0.717, 1.165) is 5.56 Å². The zero-order valence-corrected chi connectivity index (χ0v) is 7.43. The molecule has 0 aliphatic carbocycles. The molecule has 2 N–H and O–H groups in total. The lowest BCUT2D eigenvalue weighted by Gasteiger charge is -1.95. The average molecular weight is 195 g/mol. The van der Waals surface area contributed by atoms with Crippen molar-refractivity contribution in [3.8, 4) is 11.1 Å². The third-order valence-electron chi connectivity index (χ3n) is 1.78. The molecule has 0 unspecified atom stereocenters. The van der Waals surface area contributed by atoms with Crippen LogP contribution in [0.15, 0.2) is 35.3 Å². The molecule has 0 saturated heterocycles. The van der Waals surface area contributed by atoms with Crippen LogP contribution in [0.5, 0.6) is 0 Å². The summed E-state index contributed by atoms with van der Waals surface area (Å²) in [7, 11) is 0. The van der Waals surface area contributed by atoms with Gasteiger partial charge in [-0.3, -0.25) is 9.89 Å². The van der Waals surface area contributed by atoms with Gasteiger partial charge in [-0.15, -0.1) is 0 Å². The van der Waals surface area contributed by atoms with Gasteiger partial charge < -0.3 is 5.10 Å². The van der Waals surface area contributed by atoms with Crippen molar-refractivity contribution in [1.29, 1.82) is 0 Å². The minimum absolute atomic E-state index is 0.137. The molecule has 1 heterocycles. The van der Waals surface area contributed by atoms with Crippen molar-refractivity contribution in [1.82, 2.24) is 10.2 Å². The van der Waals surface area contributed by atoms with Crippen LogP contribution in [0.25, 0.3) is 11.1 Å². The second-order valence-corrected chi connectivity index (χ2v) is 3.10. The Morgan fingerprint density at radius 3 is 2.77 bits per heavy atom. The fourth-order valence-corrected chi connectivity index (χ4v) is 1.37. The van der Waals surface area contributed by atoms with E-state index in [-0.39, 0.29) is 5.56 Å². The largest absolute Gasteiger partial charge is 0.305 e. The molecule has 0 fully saturated rings. The minimum atomic E-state index is -0.137. The summed E-state index contributed by atoms with van der Waals surface area (Å²) in [5, 5.41) is 5.72. The van der Waals surface area contributed by atoms with E-state index in [1.165, 1.54) is 0 Å². The minimum Gasteiger partial charge on any atom is -0.305 e. The molecule has 13 heavy (non-hydrogen) atoms. The Kier molecular flexibility index (Phi) is 1.94. The fraction of sp³-hybridized carbons (Fsp3) is 0. The van der Waals surface area contributed by atoms with E-state index in [9.17, 15) is 4.79 Å². The molecule has 4 heteroatoms. The first kappa shape index (κ1) is 8.13. The third kappa shape index (κ3) is 1.51. The van der Waals surface area contributed by atoms with Gasteiger partial charge >= 0.3 is 0 Å². The first-order chi connectivity index (χ1) is 6.27. The number of halogens is 1. The summed E-state index contributed by atoms with van der Waals surface area (Å²) in [4.78, 5) is 11.2. The molecule has 1 aromatic heterocycles. The maximum Gasteiger partial charge on any atom is 0.271 e. The molecule has 3 nitrogen and oxygen atoms in total. The summed E-state index contributed by atoms with van der Waals surface area (Å²) in [6.45, 7) is 0. The molecule has 0 amide bonds. The van der Waals surface area contributed by atoms with Crippen molar-refractivity contribution in [2.75, 3.05) is 0 Å². The molecule has 0 spiro atoms. The van der Waals surface area contributed by atoms with Crippen LogP contribution in [0.1, 0.15) is 0 Å². The van der Waals surface area contributed by atoms with Crippen molar-refractivity contribution in [3.63, 3.8) is 0 Å². The summed E-state index contributed by atoms with van der Waals surface area (Å²) in [5.74, 6) is 0. The number of aromatic nitrogens is 2. The molecule has 2 aromatic rings. The first-order valence-corrected chi connectivity index (χ1v) is 4.17. The van der Waals surface area contributed by atoms with Crippen molar-refractivity contribution in [2.24, 2.45) is 0 Å². The van der Waals surface area contributed by atoms with Crippen molar-refractivity contribution < 1.29 is 0 Å². The van der Waals surface area contributed by atoms with E-state index in [2.05, 4.69) is 10.2 Å². The van der Waals surface area contributed by atoms with E-state index in [0.29, 0.717) is 10.6 Å². The molecule has 0 radical (unpaired) electrons. The van der Waals surface area contributed by atoms with Crippen LogP contribution in [0.2, 0.25) is 5.02 Å². The second-order valence-electron chi connectivity index (χ2n) is 2.67. The van der Waals surface area contributed by atoms with E-state index < -0.39 is 0 Å². The highest BCUT2D eigenvalue weighted by molar-refractivity contribution is 6.30. The molecule has 0 saturated carbocycles. The summed E-state index contributed by atoms with van der Waals surface area (Å²) in [6.07, 6.45) is 1.62. The topological polar surface area (TPSA) is 48.6 Å². The van der Waals surface area contributed by atoms with Crippen molar-refractivity contribution in [2.45, 2.75) is 0 Å². The Morgan fingerprint density at radius 1 is 1.31 bits per heavy atom. The highest BCUT2D eigenvalue weighted by Crippen LogP contribution is 2.18. The highest BCUT2D eigenvalue weighted by Gasteiger charge is 2.02. The maximum absolute atomic E-state index is 11.2. The lowest BCUT2D eigenvalue weighted by molar-refractivity contribution is 1.06. The van der Waals surface area contributed by atoms with Crippen LogP contribution in [0.3, 0.4) is 0 Å².